The van der Waals surface area contributed by atoms with Crippen molar-refractivity contribution in [2.75, 3.05) is 0 Å². The van der Waals surface area contributed by atoms with Gasteiger partial charge in [-0.1, -0.05) is 53.7 Å². The SMILES string of the molecule is C=C(C)[C@H]1CC[C@@]2(C)CC[C@@]3(C)[C@@H](CC[C@H]4[C@]5(C)CC[C@H](O)C(C)(C)[C@@H]5CC[C@@]43C)[C@H]12. The Morgan fingerprint density at radius 3 is 2.13 bits per heavy atom. The predicted molar refractivity (Wildman–Crippen MR) is 131 cm³/mol. The highest BCUT2D eigenvalue weighted by Crippen LogP contribution is 2.77. The molecule has 0 amide bonds. The fraction of sp³-hybridized carbons (Fsp3) is 0.933. The lowest BCUT2D eigenvalue weighted by atomic mass is 9.32. The zero-order valence-corrected chi connectivity index (χ0v) is 21.7. The van der Waals surface area contributed by atoms with Crippen molar-refractivity contribution in [3.8, 4) is 0 Å². The number of fused-ring (bicyclic) bond motifs is 7. The molecule has 1 N–H and O–H groups in total. The molecule has 1 nitrogen and oxygen atoms in total. The van der Waals surface area contributed by atoms with Gasteiger partial charge in [0.25, 0.3) is 0 Å². The van der Waals surface area contributed by atoms with Crippen LogP contribution < -0.4 is 0 Å². The van der Waals surface area contributed by atoms with E-state index in [0.29, 0.717) is 27.6 Å². The minimum absolute atomic E-state index is 0.0632. The first-order valence-electron chi connectivity index (χ1n) is 13.6. The molecular formula is C30H50O. The Balaban J connectivity index is 1.54. The van der Waals surface area contributed by atoms with Gasteiger partial charge >= 0.3 is 0 Å². The molecule has 1 heteroatoms. The Morgan fingerprint density at radius 1 is 0.742 bits per heavy atom. The summed E-state index contributed by atoms with van der Waals surface area (Å²) >= 11 is 0. The van der Waals surface area contributed by atoms with Crippen molar-refractivity contribution < 1.29 is 5.11 Å². The van der Waals surface area contributed by atoms with Gasteiger partial charge in [0.2, 0.25) is 0 Å². The first-order valence-corrected chi connectivity index (χ1v) is 13.6. The molecule has 0 aromatic carbocycles. The van der Waals surface area contributed by atoms with Gasteiger partial charge in [-0.2, -0.15) is 0 Å². The van der Waals surface area contributed by atoms with E-state index < -0.39 is 0 Å². The first-order chi connectivity index (χ1) is 14.3. The largest absolute Gasteiger partial charge is 0.393 e. The summed E-state index contributed by atoms with van der Waals surface area (Å²) in [5.74, 6) is 3.98. The van der Waals surface area contributed by atoms with Gasteiger partial charge in [0.1, 0.15) is 0 Å². The molecule has 5 fully saturated rings. The maximum absolute atomic E-state index is 10.9. The van der Waals surface area contributed by atoms with Crippen molar-refractivity contribution in [3.05, 3.63) is 12.2 Å². The fourth-order valence-corrected chi connectivity index (χ4v) is 11.5. The van der Waals surface area contributed by atoms with Gasteiger partial charge in [-0.25, -0.2) is 0 Å². The average molecular weight is 427 g/mol. The monoisotopic (exact) mass is 426 g/mol. The topological polar surface area (TPSA) is 20.2 Å². The van der Waals surface area contributed by atoms with Crippen molar-refractivity contribution >= 4 is 0 Å². The van der Waals surface area contributed by atoms with Crippen LogP contribution in [0.15, 0.2) is 12.2 Å². The van der Waals surface area contributed by atoms with E-state index in [1.807, 2.05) is 0 Å². The lowest BCUT2D eigenvalue weighted by Gasteiger charge is -2.73. The second-order valence-electron chi connectivity index (χ2n) is 14.7. The van der Waals surface area contributed by atoms with E-state index in [4.69, 9.17) is 0 Å². The molecule has 5 aliphatic carbocycles. The van der Waals surface area contributed by atoms with Gasteiger partial charge in [0, 0.05) is 0 Å². The summed E-state index contributed by atoms with van der Waals surface area (Å²) in [4.78, 5) is 0. The highest BCUT2D eigenvalue weighted by atomic mass is 16.3. The summed E-state index contributed by atoms with van der Waals surface area (Å²) in [5.41, 5.74) is 3.38. The Bertz CT molecular complexity index is 766. The number of rotatable bonds is 1. The number of allylic oxidation sites excluding steroid dienone is 1. The van der Waals surface area contributed by atoms with Gasteiger partial charge in [-0.05, 0) is 128 Å². The minimum atomic E-state index is -0.118. The summed E-state index contributed by atoms with van der Waals surface area (Å²) in [6, 6.07) is 0. The van der Waals surface area contributed by atoms with Crippen LogP contribution in [0.3, 0.4) is 0 Å². The molecule has 5 saturated carbocycles. The summed E-state index contributed by atoms with van der Waals surface area (Å²) in [6.07, 6.45) is 13.4. The van der Waals surface area contributed by atoms with E-state index in [1.165, 1.54) is 63.4 Å². The number of aliphatic hydroxyl groups excluding tert-OH is 1. The lowest BCUT2D eigenvalue weighted by Crippen LogP contribution is -2.66. The fourth-order valence-electron chi connectivity index (χ4n) is 11.5. The standard InChI is InChI=1S/C30H50O/c1-19(2)20-11-14-27(5)17-18-29(7)21(25(20)27)9-10-23-28(6)15-13-24(31)26(3,4)22(28)12-16-30(23,29)8/h20-25,31H,1,9-18H2,2-8H3/t20-,21+,22+,23+,24+,25+,27+,28-,29+,30+/m1/s1. The number of hydrogen-bond acceptors (Lipinski definition) is 1. The second kappa shape index (κ2) is 6.64. The van der Waals surface area contributed by atoms with E-state index in [2.05, 4.69) is 55.0 Å². The third-order valence-corrected chi connectivity index (χ3v) is 13.5. The third-order valence-electron chi connectivity index (χ3n) is 13.5. The zero-order chi connectivity index (χ0) is 22.6. The number of aliphatic hydroxyl groups is 1. The van der Waals surface area contributed by atoms with Crippen LogP contribution in [0, 0.1) is 56.7 Å². The highest BCUT2D eigenvalue weighted by Gasteiger charge is 2.70. The van der Waals surface area contributed by atoms with Crippen molar-refractivity contribution in [2.24, 2.45) is 56.7 Å². The van der Waals surface area contributed by atoms with E-state index in [0.717, 1.165) is 30.1 Å². The van der Waals surface area contributed by atoms with Gasteiger partial charge < -0.3 is 5.11 Å². The molecule has 0 aromatic rings. The molecule has 0 heterocycles. The van der Waals surface area contributed by atoms with E-state index in [9.17, 15) is 5.11 Å². The highest BCUT2D eigenvalue weighted by molar-refractivity contribution is 5.21. The summed E-state index contributed by atoms with van der Waals surface area (Å²) in [7, 11) is 0. The molecular weight excluding hydrogens is 376 g/mol. The molecule has 31 heavy (non-hydrogen) atoms. The van der Waals surface area contributed by atoms with Gasteiger partial charge in [0.15, 0.2) is 0 Å². The summed E-state index contributed by atoms with van der Waals surface area (Å²) < 4.78 is 0. The molecule has 0 aliphatic heterocycles. The molecule has 0 radical (unpaired) electrons. The van der Waals surface area contributed by atoms with Crippen molar-refractivity contribution in [2.45, 2.75) is 119 Å². The maximum atomic E-state index is 10.9. The molecule has 5 aliphatic rings. The lowest BCUT2D eigenvalue weighted by molar-refractivity contribution is -0.246. The molecule has 0 spiro atoms. The molecule has 0 unspecified atom stereocenters. The zero-order valence-electron chi connectivity index (χ0n) is 21.7. The normalized spacial score (nSPS) is 57.9. The Morgan fingerprint density at radius 2 is 1.45 bits per heavy atom. The first kappa shape index (κ1) is 22.5. The molecule has 5 rings (SSSR count). The quantitative estimate of drug-likeness (QED) is 0.421. The Kier molecular flexibility index (Phi) is 4.82. The molecule has 10 atom stereocenters. The minimum Gasteiger partial charge on any atom is -0.393 e. The van der Waals surface area contributed by atoms with Crippen LogP contribution in [0.25, 0.3) is 0 Å². The van der Waals surface area contributed by atoms with Crippen LogP contribution in [0.1, 0.15) is 113 Å². The van der Waals surface area contributed by atoms with Crippen LogP contribution >= 0.6 is 0 Å². The third kappa shape index (κ3) is 2.65. The van der Waals surface area contributed by atoms with Crippen molar-refractivity contribution in [1.82, 2.24) is 0 Å². The predicted octanol–water partition coefficient (Wildman–Crippen LogP) is 8.02. The van der Waals surface area contributed by atoms with E-state index >= 15 is 0 Å². The smallest absolute Gasteiger partial charge is 0.0594 e. The maximum Gasteiger partial charge on any atom is 0.0594 e. The van der Waals surface area contributed by atoms with Crippen LogP contribution in [0.5, 0.6) is 0 Å². The number of hydrogen-bond donors (Lipinski definition) is 1. The van der Waals surface area contributed by atoms with Gasteiger partial charge in [-0.3, -0.25) is 0 Å². The van der Waals surface area contributed by atoms with E-state index in [1.54, 1.807) is 0 Å². The van der Waals surface area contributed by atoms with Gasteiger partial charge in [0.05, 0.1) is 6.10 Å². The van der Waals surface area contributed by atoms with E-state index in [-0.39, 0.29) is 11.5 Å². The molecule has 0 aromatic heterocycles. The Hall–Kier alpha value is -0.300. The average Bonchev–Trinajstić information content (AvgIpc) is 3.04. The van der Waals surface area contributed by atoms with Crippen molar-refractivity contribution in [3.63, 3.8) is 0 Å². The summed E-state index contributed by atoms with van der Waals surface area (Å²) in [6.45, 7) is 22.3. The van der Waals surface area contributed by atoms with Crippen LogP contribution in [0.2, 0.25) is 0 Å². The van der Waals surface area contributed by atoms with Crippen LogP contribution in [-0.2, 0) is 0 Å². The van der Waals surface area contributed by atoms with Crippen LogP contribution in [0.4, 0.5) is 0 Å². The Labute approximate surface area is 192 Å². The van der Waals surface area contributed by atoms with Crippen molar-refractivity contribution in [1.29, 1.82) is 0 Å². The second-order valence-corrected chi connectivity index (χ2v) is 14.7. The van der Waals surface area contributed by atoms with Crippen LogP contribution in [-0.4, -0.2) is 11.2 Å². The summed E-state index contributed by atoms with van der Waals surface area (Å²) in [5, 5.41) is 10.9. The molecule has 176 valence electrons. The molecule has 0 bridgehead atoms. The van der Waals surface area contributed by atoms with Gasteiger partial charge in [-0.15, -0.1) is 0 Å². The molecule has 0 saturated heterocycles.